The Morgan fingerprint density at radius 2 is 1.62 bits per heavy atom. The Balaban J connectivity index is 1.23. The summed E-state index contributed by atoms with van der Waals surface area (Å²) in [6, 6.07) is 7.55. The number of benzene rings is 1. The van der Waals surface area contributed by atoms with Gasteiger partial charge >= 0.3 is 0 Å². The molecule has 0 radical (unpaired) electrons. The van der Waals surface area contributed by atoms with Gasteiger partial charge in [0.05, 0.1) is 5.60 Å². The summed E-state index contributed by atoms with van der Waals surface area (Å²) < 4.78 is 0. The summed E-state index contributed by atoms with van der Waals surface area (Å²) in [5.41, 5.74) is 1.69. The first-order valence-electron chi connectivity index (χ1n) is 13.7. The molecule has 5 heteroatoms. The lowest BCUT2D eigenvalue weighted by atomic mass is 9.44. The summed E-state index contributed by atoms with van der Waals surface area (Å²) in [7, 11) is 0. The molecule has 0 aliphatic heterocycles. The average Bonchev–Trinajstić information content (AvgIpc) is 3.39. The van der Waals surface area contributed by atoms with Crippen molar-refractivity contribution in [2.24, 2.45) is 40.4 Å². The van der Waals surface area contributed by atoms with Crippen LogP contribution in [0.4, 0.5) is 0 Å². The molecule has 2 aromatic rings. The van der Waals surface area contributed by atoms with Crippen LogP contribution in [-0.2, 0) is 4.79 Å². The van der Waals surface area contributed by atoms with Gasteiger partial charge in [0.25, 0.3) is 0 Å². The number of rotatable bonds is 3. The zero-order chi connectivity index (χ0) is 23.9. The van der Waals surface area contributed by atoms with Crippen molar-refractivity contribution in [1.29, 1.82) is 0 Å². The molecule has 9 atom stereocenters. The van der Waals surface area contributed by atoms with Gasteiger partial charge in [-0.05, 0) is 118 Å². The summed E-state index contributed by atoms with van der Waals surface area (Å²) in [6.45, 7) is 9.01. The summed E-state index contributed by atoms with van der Waals surface area (Å²) >= 11 is 0. The molecule has 4 aliphatic rings. The maximum atomic E-state index is 13.9. The molecule has 6 rings (SSSR count). The zero-order valence-electron chi connectivity index (χ0n) is 21.3. The molecule has 0 saturated heterocycles. The van der Waals surface area contributed by atoms with Gasteiger partial charge in [0.2, 0.25) is 0 Å². The Hall–Kier alpha value is -1.75. The molecular formula is C29H41N3O2. The third kappa shape index (κ3) is 3.25. The molecule has 1 N–H and O–H groups in total. The summed E-state index contributed by atoms with van der Waals surface area (Å²) in [6.07, 6.45) is 10.2. The van der Waals surface area contributed by atoms with Crippen LogP contribution in [0, 0.1) is 40.4 Å². The third-order valence-corrected chi connectivity index (χ3v) is 11.4. The standard InChI is InChI=1S/C29H41N3O2/c1-18(32-30-24-7-5-6-8-25(24)31-32)26(33)23-12-11-21-20-10-9-19-17-27(2,34)15-16-28(19,3)22(20)13-14-29(21,23)4/h5-8,18-23,34H,9-17H2,1-4H3/t18-,19-,20+,21+,22+,23-,27-,28+,29+/m1/s1. The van der Waals surface area contributed by atoms with Crippen LogP contribution >= 0.6 is 0 Å². The van der Waals surface area contributed by atoms with Crippen LogP contribution in [0.2, 0.25) is 0 Å². The van der Waals surface area contributed by atoms with E-state index in [0.717, 1.165) is 55.0 Å². The van der Waals surface area contributed by atoms with Gasteiger partial charge in [0.1, 0.15) is 17.1 Å². The van der Waals surface area contributed by atoms with E-state index >= 15 is 0 Å². The highest BCUT2D eigenvalue weighted by molar-refractivity contribution is 5.86. The second-order valence-corrected chi connectivity index (χ2v) is 13.1. The topological polar surface area (TPSA) is 68.0 Å². The SMILES string of the molecule is C[C@H](C(=O)[C@H]1CC[C@H]2[C@@H]3CC[C@@H]4C[C@](C)(O)CC[C@]4(C)[C@H]3CC[C@]12C)n1nc2ccccc2n1. The van der Waals surface area contributed by atoms with E-state index in [1.807, 2.05) is 38.1 Å². The zero-order valence-corrected chi connectivity index (χ0v) is 21.3. The van der Waals surface area contributed by atoms with E-state index in [9.17, 15) is 9.90 Å². The van der Waals surface area contributed by atoms with Crippen molar-refractivity contribution in [3.63, 3.8) is 0 Å². The monoisotopic (exact) mass is 463 g/mol. The highest BCUT2D eigenvalue weighted by Crippen LogP contribution is 2.68. The fraction of sp³-hybridized carbons (Fsp3) is 0.759. The Kier molecular flexibility index (Phi) is 5.09. The molecule has 0 spiro atoms. The van der Waals surface area contributed by atoms with Crippen LogP contribution < -0.4 is 0 Å². The number of ketones is 1. The summed E-state index contributed by atoms with van der Waals surface area (Å²) in [4.78, 5) is 15.5. The van der Waals surface area contributed by atoms with E-state index in [4.69, 9.17) is 0 Å². The average molecular weight is 464 g/mol. The molecule has 1 aromatic carbocycles. The van der Waals surface area contributed by atoms with E-state index in [1.165, 1.54) is 25.7 Å². The van der Waals surface area contributed by atoms with E-state index in [-0.39, 0.29) is 17.4 Å². The number of fused-ring (bicyclic) bond motifs is 6. The van der Waals surface area contributed by atoms with Crippen molar-refractivity contribution >= 4 is 16.8 Å². The Morgan fingerprint density at radius 3 is 2.32 bits per heavy atom. The molecule has 4 saturated carbocycles. The molecular weight excluding hydrogens is 422 g/mol. The maximum absolute atomic E-state index is 13.9. The lowest BCUT2D eigenvalue weighted by Gasteiger charge is -2.61. The number of aliphatic hydroxyl groups is 1. The first kappa shape index (κ1) is 22.7. The number of carbonyl (C=O) groups excluding carboxylic acids is 1. The molecule has 0 unspecified atom stereocenters. The van der Waals surface area contributed by atoms with Gasteiger partial charge in [-0.25, -0.2) is 0 Å². The summed E-state index contributed by atoms with van der Waals surface area (Å²) in [5, 5.41) is 20.0. The molecule has 4 fully saturated rings. The number of hydrogen-bond acceptors (Lipinski definition) is 4. The Morgan fingerprint density at radius 1 is 0.941 bits per heavy atom. The third-order valence-electron chi connectivity index (χ3n) is 11.4. The molecule has 1 heterocycles. The number of nitrogens with zero attached hydrogens (tertiary/aromatic N) is 3. The van der Waals surface area contributed by atoms with Gasteiger partial charge in [0, 0.05) is 5.92 Å². The largest absolute Gasteiger partial charge is 0.390 e. The predicted octanol–water partition coefficient (Wildman–Crippen LogP) is 5.97. The first-order valence-corrected chi connectivity index (χ1v) is 13.7. The minimum absolute atomic E-state index is 0.0996. The highest BCUT2D eigenvalue weighted by Gasteiger charge is 2.62. The second-order valence-electron chi connectivity index (χ2n) is 13.1. The molecule has 34 heavy (non-hydrogen) atoms. The van der Waals surface area contributed by atoms with Crippen molar-refractivity contribution in [2.75, 3.05) is 0 Å². The molecule has 1 aromatic heterocycles. The van der Waals surface area contributed by atoms with Crippen LogP contribution in [0.3, 0.4) is 0 Å². The van der Waals surface area contributed by atoms with Crippen LogP contribution in [-0.4, -0.2) is 31.5 Å². The van der Waals surface area contributed by atoms with E-state index in [1.54, 1.807) is 4.80 Å². The normalized spacial score (nSPS) is 44.8. The maximum Gasteiger partial charge on any atom is 0.162 e. The fourth-order valence-corrected chi connectivity index (χ4v) is 9.35. The predicted molar refractivity (Wildman–Crippen MR) is 133 cm³/mol. The van der Waals surface area contributed by atoms with Crippen molar-refractivity contribution in [3.05, 3.63) is 24.3 Å². The smallest absolute Gasteiger partial charge is 0.162 e. The lowest BCUT2D eigenvalue weighted by Crippen LogP contribution is -2.55. The number of carbonyl (C=O) groups is 1. The number of aromatic nitrogens is 3. The van der Waals surface area contributed by atoms with Crippen molar-refractivity contribution in [3.8, 4) is 0 Å². The minimum Gasteiger partial charge on any atom is -0.390 e. The van der Waals surface area contributed by atoms with Crippen molar-refractivity contribution < 1.29 is 9.90 Å². The van der Waals surface area contributed by atoms with Gasteiger partial charge < -0.3 is 5.11 Å². The van der Waals surface area contributed by atoms with Gasteiger partial charge in [0.15, 0.2) is 5.78 Å². The van der Waals surface area contributed by atoms with E-state index in [2.05, 4.69) is 24.0 Å². The lowest BCUT2D eigenvalue weighted by molar-refractivity contribution is -0.151. The van der Waals surface area contributed by atoms with Crippen LogP contribution in [0.5, 0.6) is 0 Å². The van der Waals surface area contributed by atoms with Gasteiger partial charge in [-0.1, -0.05) is 26.0 Å². The molecule has 184 valence electrons. The van der Waals surface area contributed by atoms with Crippen LogP contribution in [0.15, 0.2) is 24.3 Å². The number of hydrogen-bond donors (Lipinski definition) is 1. The Labute approximate surface area is 203 Å². The van der Waals surface area contributed by atoms with Crippen LogP contribution in [0.1, 0.15) is 91.5 Å². The minimum atomic E-state index is -0.480. The number of Topliss-reactive ketones (excluding diaryl/α,β-unsaturated/α-hetero) is 1. The van der Waals surface area contributed by atoms with E-state index in [0.29, 0.717) is 23.0 Å². The molecule has 0 bridgehead atoms. The van der Waals surface area contributed by atoms with Crippen LogP contribution in [0.25, 0.3) is 11.0 Å². The molecule has 5 nitrogen and oxygen atoms in total. The highest BCUT2D eigenvalue weighted by atomic mass is 16.3. The first-order chi connectivity index (χ1) is 16.1. The molecule has 0 amide bonds. The van der Waals surface area contributed by atoms with Gasteiger partial charge in [-0.15, -0.1) is 0 Å². The van der Waals surface area contributed by atoms with Crippen molar-refractivity contribution in [2.45, 2.75) is 97.1 Å². The fourth-order valence-electron chi connectivity index (χ4n) is 9.35. The second kappa shape index (κ2) is 7.62. The van der Waals surface area contributed by atoms with E-state index < -0.39 is 5.60 Å². The Bertz CT molecular complexity index is 1070. The van der Waals surface area contributed by atoms with Crippen molar-refractivity contribution in [1.82, 2.24) is 15.0 Å². The molecule has 4 aliphatic carbocycles. The van der Waals surface area contributed by atoms with Gasteiger partial charge in [-0.2, -0.15) is 15.0 Å². The van der Waals surface area contributed by atoms with Gasteiger partial charge in [-0.3, -0.25) is 4.79 Å². The quantitative estimate of drug-likeness (QED) is 0.609. The summed E-state index contributed by atoms with van der Waals surface area (Å²) in [5.74, 6) is 3.24.